The van der Waals surface area contributed by atoms with Crippen molar-refractivity contribution in [2.24, 2.45) is 5.73 Å². The summed E-state index contributed by atoms with van der Waals surface area (Å²) in [5.74, 6) is 0.759. The van der Waals surface area contributed by atoms with E-state index in [1.54, 1.807) is 13.2 Å². The van der Waals surface area contributed by atoms with Crippen LogP contribution >= 0.6 is 0 Å². The second-order valence-corrected chi connectivity index (χ2v) is 3.93. The van der Waals surface area contributed by atoms with E-state index in [4.69, 9.17) is 15.7 Å². The van der Waals surface area contributed by atoms with Gasteiger partial charge in [0.2, 0.25) is 0 Å². The SMILES string of the molecule is COc1ccc(C#N)cc1-c1ccc(CN)cc1. The van der Waals surface area contributed by atoms with Crippen LogP contribution in [0, 0.1) is 11.3 Å². The maximum atomic E-state index is 8.95. The van der Waals surface area contributed by atoms with Crippen molar-refractivity contribution < 1.29 is 4.74 Å². The van der Waals surface area contributed by atoms with E-state index in [0.717, 1.165) is 22.4 Å². The van der Waals surface area contributed by atoms with Gasteiger partial charge in [0.15, 0.2) is 0 Å². The average Bonchev–Trinajstić information content (AvgIpc) is 2.46. The molecule has 0 bridgehead atoms. The molecule has 0 saturated carbocycles. The van der Waals surface area contributed by atoms with Crippen LogP contribution < -0.4 is 10.5 Å². The molecule has 0 unspecified atom stereocenters. The standard InChI is InChI=1S/C15H14N2O/c1-18-15-7-4-12(10-17)8-14(15)13-5-2-11(9-16)3-6-13/h2-8H,9,16H2,1H3. The fourth-order valence-corrected chi connectivity index (χ4v) is 1.82. The number of ether oxygens (including phenoxy) is 1. The molecule has 0 aliphatic heterocycles. The van der Waals surface area contributed by atoms with Crippen molar-refractivity contribution in [2.45, 2.75) is 6.54 Å². The van der Waals surface area contributed by atoms with Crippen molar-refractivity contribution >= 4 is 0 Å². The Kier molecular flexibility index (Phi) is 3.61. The van der Waals surface area contributed by atoms with Gasteiger partial charge in [0.1, 0.15) is 5.75 Å². The molecule has 0 amide bonds. The van der Waals surface area contributed by atoms with Gasteiger partial charge >= 0.3 is 0 Å². The maximum absolute atomic E-state index is 8.95. The van der Waals surface area contributed by atoms with Crippen molar-refractivity contribution in [3.63, 3.8) is 0 Å². The first-order valence-corrected chi connectivity index (χ1v) is 5.66. The van der Waals surface area contributed by atoms with Crippen LogP contribution in [0.25, 0.3) is 11.1 Å². The summed E-state index contributed by atoms with van der Waals surface area (Å²) in [4.78, 5) is 0. The van der Waals surface area contributed by atoms with Crippen LogP contribution in [0.3, 0.4) is 0 Å². The minimum absolute atomic E-state index is 0.523. The quantitative estimate of drug-likeness (QED) is 0.894. The maximum Gasteiger partial charge on any atom is 0.126 e. The summed E-state index contributed by atoms with van der Waals surface area (Å²) in [5, 5.41) is 8.95. The molecule has 0 heterocycles. The van der Waals surface area contributed by atoms with Crippen molar-refractivity contribution in [1.29, 1.82) is 5.26 Å². The van der Waals surface area contributed by atoms with Crippen LogP contribution in [0.4, 0.5) is 0 Å². The zero-order chi connectivity index (χ0) is 13.0. The Labute approximate surface area is 106 Å². The summed E-state index contributed by atoms with van der Waals surface area (Å²) in [5.41, 5.74) is 9.20. The third-order valence-corrected chi connectivity index (χ3v) is 2.83. The molecule has 0 aromatic heterocycles. The molecular weight excluding hydrogens is 224 g/mol. The highest BCUT2D eigenvalue weighted by atomic mass is 16.5. The minimum atomic E-state index is 0.523. The number of methoxy groups -OCH3 is 1. The Morgan fingerprint density at radius 1 is 1.17 bits per heavy atom. The predicted octanol–water partition coefficient (Wildman–Crippen LogP) is 2.69. The van der Waals surface area contributed by atoms with Crippen molar-refractivity contribution in [3.05, 3.63) is 53.6 Å². The van der Waals surface area contributed by atoms with E-state index in [9.17, 15) is 0 Å². The van der Waals surface area contributed by atoms with Crippen LogP contribution in [0.1, 0.15) is 11.1 Å². The van der Waals surface area contributed by atoms with Gasteiger partial charge in [-0.2, -0.15) is 5.26 Å². The Bertz CT molecular complexity index is 582. The fraction of sp³-hybridized carbons (Fsp3) is 0.133. The fourth-order valence-electron chi connectivity index (χ4n) is 1.82. The molecule has 2 aromatic carbocycles. The van der Waals surface area contributed by atoms with E-state index < -0.39 is 0 Å². The van der Waals surface area contributed by atoms with E-state index in [-0.39, 0.29) is 0 Å². The van der Waals surface area contributed by atoms with Gasteiger partial charge in [0.05, 0.1) is 18.7 Å². The molecule has 3 heteroatoms. The first-order chi connectivity index (χ1) is 8.78. The number of benzene rings is 2. The molecule has 0 aliphatic rings. The van der Waals surface area contributed by atoms with Crippen molar-refractivity contribution in [1.82, 2.24) is 0 Å². The highest BCUT2D eigenvalue weighted by Gasteiger charge is 2.07. The number of nitrogens with two attached hydrogens (primary N) is 1. The molecule has 18 heavy (non-hydrogen) atoms. The molecule has 0 fully saturated rings. The number of rotatable bonds is 3. The Hall–Kier alpha value is -2.31. The first-order valence-electron chi connectivity index (χ1n) is 5.66. The summed E-state index contributed by atoms with van der Waals surface area (Å²) < 4.78 is 5.32. The largest absolute Gasteiger partial charge is 0.496 e. The molecule has 0 aliphatic carbocycles. The van der Waals surface area contributed by atoms with Crippen molar-refractivity contribution in [2.75, 3.05) is 7.11 Å². The topological polar surface area (TPSA) is 59.0 Å². The molecule has 0 radical (unpaired) electrons. The number of nitrogens with zero attached hydrogens (tertiary/aromatic N) is 1. The molecule has 3 nitrogen and oxygen atoms in total. The van der Waals surface area contributed by atoms with Crippen LogP contribution in [-0.4, -0.2) is 7.11 Å². The van der Waals surface area contributed by atoms with Gasteiger partial charge in [-0.15, -0.1) is 0 Å². The molecule has 2 rings (SSSR count). The molecular formula is C15H14N2O. The van der Waals surface area contributed by atoms with Gasteiger partial charge in [0.25, 0.3) is 0 Å². The number of hydrogen-bond donors (Lipinski definition) is 1. The lowest BCUT2D eigenvalue weighted by Gasteiger charge is -2.09. The third kappa shape index (κ3) is 2.34. The lowest BCUT2D eigenvalue weighted by molar-refractivity contribution is 0.416. The van der Waals surface area contributed by atoms with Gasteiger partial charge in [-0.25, -0.2) is 0 Å². The molecule has 2 aromatic rings. The van der Waals surface area contributed by atoms with Crippen LogP contribution in [0.5, 0.6) is 5.75 Å². The van der Waals surface area contributed by atoms with E-state index in [1.807, 2.05) is 36.4 Å². The van der Waals surface area contributed by atoms with E-state index >= 15 is 0 Å². The number of hydrogen-bond acceptors (Lipinski definition) is 3. The van der Waals surface area contributed by atoms with Crippen LogP contribution in [-0.2, 0) is 6.54 Å². The Balaban J connectivity index is 2.50. The summed E-state index contributed by atoms with van der Waals surface area (Å²) in [6, 6.07) is 15.5. The van der Waals surface area contributed by atoms with Crippen LogP contribution in [0.15, 0.2) is 42.5 Å². The Morgan fingerprint density at radius 2 is 1.89 bits per heavy atom. The monoisotopic (exact) mass is 238 g/mol. The molecule has 2 N–H and O–H groups in total. The summed E-state index contributed by atoms with van der Waals surface area (Å²) >= 11 is 0. The minimum Gasteiger partial charge on any atom is -0.496 e. The summed E-state index contributed by atoms with van der Waals surface area (Å²) in [6.45, 7) is 0.523. The molecule has 0 atom stereocenters. The molecule has 90 valence electrons. The highest BCUT2D eigenvalue weighted by Crippen LogP contribution is 2.30. The lowest BCUT2D eigenvalue weighted by Crippen LogP contribution is -1.95. The summed E-state index contributed by atoms with van der Waals surface area (Å²) in [7, 11) is 1.62. The molecule has 0 saturated heterocycles. The van der Waals surface area contributed by atoms with E-state index in [2.05, 4.69) is 6.07 Å². The number of nitriles is 1. The zero-order valence-electron chi connectivity index (χ0n) is 10.2. The van der Waals surface area contributed by atoms with Gasteiger partial charge in [-0.1, -0.05) is 24.3 Å². The second-order valence-electron chi connectivity index (χ2n) is 3.93. The first kappa shape index (κ1) is 12.2. The van der Waals surface area contributed by atoms with Gasteiger partial charge in [-0.05, 0) is 29.3 Å². The normalized spacial score (nSPS) is 9.83. The van der Waals surface area contributed by atoms with Gasteiger partial charge in [-0.3, -0.25) is 0 Å². The van der Waals surface area contributed by atoms with Gasteiger partial charge in [0, 0.05) is 12.1 Å². The predicted molar refractivity (Wildman–Crippen MR) is 71.0 cm³/mol. The van der Waals surface area contributed by atoms with E-state index in [0.29, 0.717) is 12.1 Å². The molecule has 0 spiro atoms. The van der Waals surface area contributed by atoms with Crippen molar-refractivity contribution in [3.8, 4) is 22.9 Å². The van der Waals surface area contributed by atoms with E-state index in [1.165, 1.54) is 0 Å². The highest BCUT2D eigenvalue weighted by molar-refractivity contribution is 5.72. The average molecular weight is 238 g/mol. The lowest BCUT2D eigenvalue weighted by atomic mass is 10.0. The summed E-state index contributed by atoms with van der Waals surface area (Å²) in [6.07, 6.45) is 0. The van der Waals surface area contributed by atoms with Gasteiger partial charge < -0.3 is 10.5 Å². The Morgan fingerprint density at radius 3 is 2.44 bits per heavy atom. The smallest absolute Gasteiger partial charge is 0.126 e. The third-order valence-electron chi connectivity index (χ3n) is 2.83. The zero-order valence-corrected chi connectivity index (χ0v) is 10.2. The second kappa shape index (κ2) is 5.35. The van der Waals surface area contributed by atoms with Crippen LogP contribution in [0.2, 0.25) is 0 Å².